The van der Waals surface area contributed by atoms with E-state index < -0.39 is 6.09 Å². The van der Waals surface area contributed by atoms with Crippen LogP contribution in [0.4, 0.5) is 14.9 Å². The zero-order chi connectivity index (χ0) is 14.1. The molecule has 0 aliphatic carbocycles. The Morgan fingerprint density at radius 3 is 3.00 bits per heavy atom. The van der Waals surface area contributed by atoms with E-state index in [1.165, 1.54) is 11.0 Å². The lowest BCUT2D eigenvalue weighted by molar-refractivity contribution is 0.145. The van der Waals surface area contributed by atoms with Crippen molar-refractivity contribution in [3.63, 3.8) is 0 Å². The molecule has 2 aliphatic heterocycles. The number of carbonyl (C=O) groups excluding carboxylic acids is 1. The number of hydrogen-bond acceptors (Lipinski definition) is 4. The van der Waals surface area contributed by atoms with Gasteiger partial charge in [0, 0.05) is 24.6 Å². The van der Waals surface area contributed by atoms with E-state index in [-0.39, 0.29) is 24.4 Å². The summed E-state index contributed by atoms with van der Waals surface area (Å²) in [5, 5.41) is 3.23. The number of hydrogen-bond donors (Lipinski definition) is 2. The van der Waals surface area contributed by atoms with Crippen LogP contribution in [0, 0.1) is 5.82 Å². The molecule has 108 valence electrons. The van der Waals surface area contributed by atoms with Crippen LogP contribution in [0.2, 0.25) is 0 Å². The molecule has 1 aromatic carbocycles. The van der Waals surface area contributed by atoms with Crippen molar-refractivity contribution in [3.05, 3.63) is 29.6 Å². The molecule has 2 atom stereocenters. The molecule has 0 bridgehead atoms. The van der Waals surface area contributed by atoms with Crippen LogP contribution in [0.3, 0.4) is 0 Å². The maximum atomic E-state index is 14.2. The topological polar surface area (TPSA) is 67.6 Å². The highest BCUT2D eigenvalue weighted by atomic mass is 19.1. The Balaban J connectivity index is 1.97. The molecule has 1 amide bonds. The van der Waals surface area contributed by atoms with Gasteiger partial charge in [-0.3, -0.25) is 4.90 Å². The van der Waals surface area contributed by atoms with E-state index in [2.05, 4.69) is 5.32 Å². The monoisotopic (exact) mass is 279 g/mol. The van der Waals surface area contributed by atoms with Gasteiger partial charge in [0.15, 0.2) is 0 Å². The van der Waals surface area contributed by atoms with Gasteiger partial charge in [0.25, 0.3) is 0 Å². The quantitative estimate of drug-likeness (QED) is 0.872. The number of nitrogens with two attached hydrogens (primary N) is 1. The van der Waals surface area contributed by atoms with E-state index in [4.69, 9.17) is 10.5 Å². The number of carbonyl (C=O) groups is 1. The molecule has 2 fully saturated rings. The Kier molecular flexibility index (Phi) is 3.58. The highest BCUT2D eigenvalue weighted by Gasteiger charge is 2.35. The van der Waals surface area contributed by atoms with Crippen molar-refractivity contribution in [1.29, 1.82) is 0 Å². The first-order valence-corrected chi connectivity index (χ1v) is 6.88. The number of halogens is 1. The third kappa shape index (κ3) is 2.25. The second-order valence-corrected chi connectivity index (χ2v) is 5.21. The number of anilines is 1. The van der Waals surface area contributed by atoms with Gasteiger partial charge in [-0.05, 0) is 25.1 Å². The van der Waals surface area contributed by atoms with E-state index in [0.717, 1.165) is 19.5 Å². The second kappa shape index (κ2) is 5.38. The Morgan fingerprint density at radius 1 is 1.50 bits per heavy atom. The van der Waals surface area contributed by atoms with E-state index in [1.54, 1.807) is 12.1 Å². The van der Waals surface area contributed by atoms with Gasteiger partial charge in [-0.1, -0.05) is 6.07 Å². The van der Waals surface area contributed by atoms with Crippen LogP contribution in [0.15, 0.2) is 18.2 Å². The SMILES string of the molecule is NCC1CN(c2cccc(F)c2C2CCNC2)C(=O)O1. The van der Waals surface area contributed by atoms with Gasteiger partial charge in [0.05, 0.1) is 12.2 Å². The van der Waals surface area contributed by atoms with Crippen LogP contribution >= 0.6 is 0 Å². The van der Waals surface area contributed by atoms with Gasteiger partial charge in [-0.25, -0.2) is 9.18 Å². The molecule has 2 heterocycles. The largest absolute Gasteiger partial charge is 0.443 e. The predicted octanol–water partition coefficient (Wildman–Crippen LogP) is 1.19. The Labute approximate surface area is 116 Å². The Bertz CT molecular complexity index is 517. The van der Waals surface area contributed by atoms with Crippen molar-refractivity contribution >= 4 is 11.8 Å². The molecule has 0 aromatic heterocycles. The van der Waals surface area contributed by atoms with Crippen LogP contribution in [0.1, 0.15) is 17.9 Å². The molecule has 0 saturated carbocycles. The minimum atomic E-state index is -0.446. The standard InChI is InChI=1S/C14H18FN3O2/c15-11-2-1-3-12(13(11)9-4-5-17-7-9)18-8-10(6-16)20-14(18)19/h1-3,9-10,17H,4-8,16H2. The summed E-state index contributed by atoms with van der Waals surface area (Å²) in [6, 6.07) is 4.84. The predicted molar refractivity (Wildman–Crippen MR) is 73.3 cm³/mol. The summed E-state index contributed by atoms with van der Waals surface area (Å²) in [6.45, 7) is 2.26. The summed E-state index contributed by atoms with van der Waals surface area (Å²) in [5.41, 5.74) is 6.75. The van der Waals surface area contributed by atoms with Crippen LogP contribution in [-0.2, 0) is 4.74 Å². The van der Waals surface area contributed by atoms with Gasteiger partial charge >= 0.3 is 6.09 Å². The molecule has 2 unspecified atom stereocenters. The van der Waals surface area contributed by atoms with Crippen LogP contribution in [0.5, 0.6) is 0 Å². The van der Waals surface area contributed by atoms with Crippen molar-refractivity contribution in [2.45, 2.75) is 18.4 Å². The van der Waals surface area contributed by atoms with E-state index >= 15 is 0 Å². The lowest BCUT2D eigenvalue weighted by Gasteiger charge is -2.21. The maximum absolute atomic E-state index is 14.2. The number of nitrogens with one attached hydrogen (secondary N) is 1. The molecular formula is C14H18FN3O2. The second-order valence-electron chi connectivity index (χ2n) is 5.21. The third-order valence-corrected chi connectivity index (χ3v) is 3.93. The Hall–Kier alpha value is -1.66. The molecule has 3 N–H and O–H groups in total. The third-order valence-electron chi connectivity index (χ3n) is 3.93. The van der Waals surface area contributed by atoms with Crippen LogP contribution in [-0.4, -0.2) is 38.4 Å². The summed E-state index contributed by atoms with van der Waals surface area (Å²) in [6.07, 6.45) is 0.107. The fourth-order valence-corrected chi connectivity index (χ4v) is 2.91. The highest BCUT2D eigenvalue weighted by Crippen LogP contribution is 2.35. The normalized spacial score (nSPS) is 26.1. The summed E-state index contributed by atoms with van der Waals surface area (Å²) in [4.78, 5) is 13.4. The Morgan fingerprint density at radius 2 is 2.35 bits per heavy atom. The molecular weight excluding hydrogens is 261 g/mol. The average Bonchev–Trinajstić information content (AvgIpc) is 3.07. The minimum Gasteiger partial charge on any atom is -0.443 e. The number of ether oxygens (including phenoxy) is 1. The van der Waals surface area contributed by atoms with Gasteiger partial charge in [-0.2, -0.15) is 0 Å². The van der Waals surface area contributed by atoms with E-state index in [9.17, 15) is 9.18 Å². The minimum absolute atomic E-state index is 0.0935. The number of nitrogens with zero attached hydrogens (tertiary/aromatic N) is 1. The molecule has 5 nitrogen and oxygen atoms in total. The van der Waals surface area contributed by atoms with Gasteiger partial charge < -0.3 is 15.8 Å². The fourth-order valence-electron chi connectivity index (χ4n) is 2.91. The molecule has 6 heteroatoms. The van der Waals surface area contributed by atoms with E-state index in [1.807, 2.05) is 0 Å². The average molecular weight is 279 g/mol. The first-order valence-electron chi connectivity index (χ1n) is 6.88. The first-order chi connectivity index (χ1) is 9.70. The molecule has 3 rings (SSSR count). The number of rotatable bonds is 3. The molecule has 20 heavy (non-hydrogen) atoms. The van der Waals surface area contributed by atoms with E-state index in [0.29, 0.717) is 17.8 Å². The lowest BCUT2D eigenvalue weighted by Crippen LogP contribution is -2.29. The summed E-state index contributed by atoms with van der Waals surface area (Å²) in [5.74, 6) is -0.170. The number of cyclic esters (lactones) is 1. The number of amides is 1. The lowest BCUT2D eigenvalue weighted by atomic mass is 9.95. The van der Waals surface area contributed by atoms with Gasteiger partial charge in [-0.15, -0.1) is 0 Å². The molecule has 2 aliphatic rings. The van der Waals surface area contributed by atoms with Crippen molar-refractivity contribution in [1.82, 2.24) is 5.32 Å². The fraction of sp³-hybridized carbons (Fsp3) is 0.500. The van der Waals surface area contributed by atoms with Crippen molar-refractivity contribution < 1.29 is 13.9 Å². The zero-order valence-corrected chi connectivity index (χ0v) is 11.1. The first kappa shape index (κ1) is 13.3. The van der Waals surface area contributed by atoms with Crippen molar-refractivity contribution in [2.24, 2.45) is 5.73 Å². The summed E-state index contributed by atoms with van der Waals surface area (Å²) in [7, 11) is 0. The highest BCUT2D eigenvalue weighted by molar-refractivity contribution is 5.91. The zero-order valence-electron chi connectivity index (χ0n) is 11.1. The maximum Gasteiger partial charge on any atom is 0.414 e. The van der Waals surface area contributed by atoms with Crippen molar-refractivity contribution in [3.8, 4) is 0 Å². The molecule has 0 radical (unpaired) electrons. The summed E-state index contributed by atoms with van der Waals surface area (Å²) < 4.78 is 19.4. The van der Waals surface area contributed by atoms with Crippen molar-refractivity contribution in [2.75, 3.05) is 31.1 Å². The molecule has 2 saturated heterocycles. The van der Waals surface area contributed by atoms with Crippen LogP contribution < -0.4 is 16.0 Å². The number of benzene rings is 1. The van der Waals surface area contributed by atoms with Crippen LogP contribution in [0.25, 0.3) is 0 Å². The smallest absolute Gasteiger partial charge is 0.414 e. The molecule has 0 spiro atoms. The summed E-state index contributed by atoms with van der Waals surface area (Å²) >= 11 is 0. The molecule has 1 aromatic rings. The van der Waals surface area contributed by atoms with Gasteiger partial charge in [0.2, 0.25) is 0 Å². The van der Waals surface area contributed by atoms with Gasteiger partial charge in [0.1, 0.15) is 11.9 Å².